The Bertz CT molecular complexity index is 931. The van der Waals surface area contributed by atoms with Crippen LogP contribution in [-0.4, -0.2) is 38.4 Å². The monoisotopic (exact) mass is 450 g/mol. The Hall–Kier alpha value is -1.96. The summed E-state index contributed by atoms with van der Waals surface area (Å²) in [6.07, 6.45) is 3.96. The number of hydrogen-bond acceptors (Lipinski definition) is 5. The fourth-order valence-electron chi connectivity index (χ4n) is 2.76. The molecule has 3 rings (SSSR count). The van der Waals surface area contributed by atoms with Crippen LogP contribution in [0, 0.1) is 0 Å². The van der Waals surface area contributed by atoms with E-state index in [0.29, 0.717) is 5.56 Å². The molecule has 0 unspecified atom stereocenters. The number of hydrazine groups is 1. The fourth-order valence-corrected chi connectivity index (χ4v) is 2.76. The van der Waals surface area contributed by atoms with Gasteiger partial charge in [0, 0.05) is 31.1 Å². The van der Waals surface area contributed by atoms with Crippen molar-refractivity contribution in [3.8, 4) is 5.75 Å². The standard InChI is InChI=1S/C18H19N3O2.2C2H6.CH4S2/c1-20(2)19-18(22)12-5-7-16-15-8-6-14(23-4)9-13(15)11-21(3)17(16)10-12;2*1-2;1-3-2/h5-11H,1-4H3;2*1-2H3;2H,1H3/p+1. The van der Waals surface area contributed by atoms with Gasteiger partial charge in [-0.1, -0.05) is 27.7 Å². The predicted octanol–water partition coefficient (Wildman–Crippen LogP) is 5.28. The summed E-state index contributed by atoms with van der Waals surface area (Å²) in [7, 11) is 8.67. The number of amides is 1. The average Bonchev–Trinajstić information content (AvgIpc) is 2.76. The normalized spacial score (nSPS) is 9.57. The van der Waals surface area contributed by atoms with Gasteiger partial charge in [0.25, 0.3) is 5.91 Å². The van der Waals surface area contributed by atoms with E-state index in [9.17, 15) is 4.79 Å². The number of thiol groups is 1. The van der Waals surface area contributed by atoms with Crippen molar-refractivity contribution >= 4 is 50.0 Å². The van der Waals surface area contributed by atoms with E-state index < -0.39 is 0 Å². The average molecular weight is 451 g/mol. The number of aryl methyl sites for hydroxylation is 1. The van der Waals surface area contributed by atoms with E-state index in [1.54, 1.807) is 26.2 Å². The molecule has 0 aliphatic rings. The second-order valence-corrected chi connectivity index (χ2v) is 7.40. The van der Waals surface area contributed by atoms with Crippen LogP contribution in [0.25, 0.3) is 21.7 Å². The number of carbonyl (C=O) groups is 1. The van der Waals surface area contributed by atoms with Crippen molar-refractivity contribution in [3.63, 3.8) is 0 Å². The van der Waals surface area contributed by atoms with Gasteiger partial charge in [0.05, 0.1) is 17.9 Å². The molecule has 1 amide bonds. The van der Waals surface area contributed by atoms with Crippen molar-refractivity contribution in [2.75, 3.05) is 27.5 Å². The molecule has 0 bridgehead atoms. The van der Waals surface area contributed by atoms with Gasteiger partial charge < -0.3 is 4.74 Å². The molecular formula is C23H36N3O2S2+. The zero-order chi connectivity index (χ0) is 23.3. The lowest BCUT2D eigenvalue weighted by Gasteiger charge is -2.12. The largest absolute Gasteiger partial charge is 0.497 e. The van der Waals surface area contributed by atoms with Gasteiger partial charge in [0.2, 0.25) is 5.52 Å². The van der Waals surface area contributed by atoms with Crippen LogP contribution >= 0.6 is 22.5 Å². The zero-order valence-electron chi connectivity index (χ0n) is 19.6. The Morgan fingerprint density at radius 1 is 1.07 bits per heavy atom. The SMILES string of the molecule is CC.CC.COc1ccc2c(c1)c[n+](C)c1cc(C(=O)NN(C)C)ccc21.CSS. The molecule has 0 aliphatic heterocycles. The number of nitrogens with zero attached hydrogens (tertiary/aromatic N) is 2. The van der Waals surface area contributed by atoms with Crippen molar-refractivity contribution in [2.45, 2.75) is 27.7 Å². The first-order chi connectivity index (χ1) is 14.4. The lowest BCUT2D eigenvalue weighted by Crippen LogP contribution is -2.36. The zero-order valence-corrected chi connectivity index (χ0v) is 21.3. The summed E-state index contributed by atoms with van der Waals surface area (Å²) in [5.74, 6) is 0.713. The van der Waals surface area contributed by atoms with Gasteiger partial charge in [-0.3, -0.25) is 10.2 Å². The molecule has 2 aromatic carbocycles. The highest BCUT2D eigenvalue weighted by Crippen LogP contribution is 2.26. The maximum Gasteiger partial charge on any atom is 0.265 e. The lowest BCUT2D eigenvalue weighted by molar-refractivity contribution is -0.643. The molecule has 7 heteroatoms. The van der Waals surface area contributed by atoms with Crippen LogP contribution in [0.1, 0.15) is 38.1 Å². The van der Waals surface area contributed by atoms with Crippen molar-refractivity contribution in [3.05, 3.63) is 48.2 Å². The Kier molecular flexibility index (Phi) is 14.0. The van der Waals surface area contributed by atoms with E-state index in [-0.39, 0.29) is 5.91 Å². The molecule has 1 N–H and O–H groups in total. The quantitative estimate of drug-likeness (QED) is 0.187. The summed E-state index contributed by atoms with van der Waals surface area (Å²) in [4.78, 5) is 12.2. The van der Waals surface area contributed by atoms with Gasteiger partial charge in [-0.15, -0.1) is 22.5 Å². The number of fused-ring (bicyclic) bond motifs is 3. The van der Waals surface area contributed by atoms with Crippen LogP contribution in [0.2, 0.25) is 0 Å². The van der Waals surface area contributed by atoms with E-state index >= 15 is 0 Å². The number of benzene rings is 2. The van der Waals surface area contributed by atoms with Crippen molar-refractivity contribution in [2.24, 2.45) is 7.05 Å². The van der Waals surface area contributed by atoms with Crippen LogP contribution in [0.15, 0.2) is 42.6 Å². The highest BCUT2D eigenvalue weighted by Gasteiger charge is 2.15. The fraction of sp³-hybridized carbons (Fsp3) is 0.391. The van der Waals surface area contributed by atoms with Gasteiger partial charge in [0.15, 0.2) is 6.20 Å². The second kappa shape index (κ2) is 14.9. The summed E-state index contributed by atoms with van der Waals surface area (Å²) < 4.78 is 7.33. The molecule has 30 heavy (non-hydrogen) atoms. The molecular weight excluding hydrogens is 414 g/mol. The topological polar surface area (TPSA) is 45.5 Å². The summed E-state index contributed by atoms with van der Waals surface area (Å²) >= 11 is 3.71. The van der Waals surface area contributed by atoms with Gasteiger partial charge in [0.1, 0.15) is 12.8 Å². The molecule has 0 saturated carbocycles. The highest BCUT2D eigenvalue weighted by molar-refractivity contribution is 8.68. The first kappa shape index (κ1) is 28.0. The van der Waals surface area contributed by atoms with E-state index in [2.05, 4.69) is 23.2 Å². The third-order valence-electron chi connectivity index (χ3n) is 3.85. The molecule has 0 saturated heterocycles. The number of hydrogen-bond donors (Lipinski definition) is 2. The van der Waals surface area contributed by atoms with Crippen molar-refractivity contribution < 1.29 is 14.1 Å². The first-order valence-corrected chi connectivity index (χ1v) is 12.2. The van der Waals surface area contributed by atoms with Crippen LogP contribution in [0.5, 0.6) is 5.75 Å². The molecule has 0 radical (unpaired) electrons. The van der Waals surface area contributed by atoms with Gasteiger partial charge in [-0.25, -0.2) is 9.58 Å². The van der Waals surface area contributed by atoms with Crippen LogP contribution in [0.4, 0.5) is 0 Å². The third kappa shape index (κ3) is 7.70. The number of carbonyl (C=O) groups excluding carboxylic acids is 1. The number of nitrogens with one attached hydrogen (secondary N) is 1. The Morgan fingerprint density at radius 3 is 2.17 bits per heavy atom. The molecule has 0 atom stereocenters. The predicted molar refractivity (Wildman–Crippen MR) is 136 cm³/mol. The molecule has 3 aromatic rings. The van der Waals surface area contributed by atoms with E-state index in [1.165, 1.54) is 10.8 Å². The molecule has 0 fully saturated rings. The Labute approximate surface area is 190 Å². The summed E-state index contributed by atoms with van der Waals surface area (Å²) in [5.41, 5.74) is 4.41. The van der Waals surface area contributed by atoms with Crippen LogP contribution in [0.3, 0.4) is 0 Å². The third-order valence-corrected chi connectivity index (χ3v) is 3.85. The highest BCUT2D eigenvalue weighted by atomic mass is 33.1. The molecule has 0 spiro atoms. The van der Waals surface area contributed by atoms with E-state index in [1.807, 2.05) is 82.1 Å². The number of methoxy groups -OCH3 is 1. The Balaban J connectivity index is 0.00000108. The molecule has 1 aromatic heterocycles. The minimum Gasteiger partial charge on any atom is -0.497 e. The minimum atomic E-state index is -0.119. The van der Waals surface area contributed by atoms with Crippen LogP contribution < -0.4 is 14.7 Å². The van der Waals surface area contributed by atoms with E-state index in [0.717, 1.165) is 27.4 Å². The lowest BCUT2D eigenvalue weighted by atomic mass is 10.0. The second-order valence-electron chi connectivity index (χ2n) is 5.94. The number of rotatable bonds is 3. The minimum absolute atomic E-state index is 0.119. The molecule has 166 valence electrons. The van der Waals surface area contributed by atoms with Gasteiger partial charge in [-0.05, 0) is 36.6 Å². The number of aromatic nitrogens is 1. The maximum atomic E-state index is 12.2. The molecule has 0 aliphatic carbocycles. The van der Waals surface area contributed by atoms with Gasteiger partial charge >= 0.3 is 0 Å². The van der Waals surface area contributed by atoms with Gasteiger partial charge in [-0.2, -0.15) is 0 Å². The molecule has 5 nitrogen and oxygen atoms in total. The number of ether oxygens (including phenoxy) is 1. The maximum absolute atomic E-state index is 12.2. The van der Waals surface area contributed by atoms with Crippen LogP contribution in [-0.2, 0) is 7.05 Å². The van der Waals surface area contributed by atoms with Crippen molar-refractivity contribution in [1.82, 2.24) is 10.4 Å². The first-order valence-electron chi connectivity index (χ1n) is 9.97. The smallest absolute Gasteiger partial charge is 0.265 e. The van der Waals surface area contributed by atoms with Crippen molar-refractivity contribution in [1.29, 1.82) is 0 Å². The summed E-state index contributed by atoms with van der Waals surface area (Å²) in [6, 6.07) is 11.8. The molecule has 1 heterocycles. The van der Waals surface area contributed by atoms with E-state index in [4.69, 9.17) is 4.74 Å². The summed E-state index contributed by atoms with van der Waals surface area (Å²) in [6.45, 7) is 8.00. The number of pyridine rings is 1. The summed E-state index contributed by atoms with van der Waals surface area (Å²) in [5, 5.41) is 4.98. The Morgan fingerprint density at radius 2 is 1.63 bits per heavy atom.